The summed E-state index contributed by atoms with van der Waals surface area (Å²) >= 11 is 0. The number of guanidine groups is 1. The van der Waals surface area contributed by atoms with E-state index in [1.165, 1.54) is 7.05 Å². The molecule has 0 aliphatic carbocycles. The summed E-state index contributed by atoms with van der Waals surface area (Å²) in [6.45, 7) is 4.63. The number of aliphatic imine (C=N–C) groups is 1. The normalized spacial score (nSPS) is 10.8. The molecule has 0 aromatic rings. The van der Waals surface area contributed by atoms with Gasteiger partial charge in [-0.2, -0.15) is 0 Å². The molecular weight excluding hydrogens is 250 g/mol. The first-order valence-electron chi connectivity index (χ1n) is 6.51. The summed E-state index contributed by atoms with van der Waals surface area (Å²) in [5.74, 6) is 0.00277. The Labute approximate surface area is 113 Å². The van der Waals surface area contributed by atoms with Crippen LogP contribution in [0, 0.1) is 0 Å². The molecule has 0 rings (SSSR count). The second-order valence-corrected chi connectivity index (χ2v) is 3.79. The van der Waals surface area contributed by atoms with Gasteiger partial charge in [0.15, 0.2) is 0 Å². The molecule has 0 spiro atoms. The topological polar surface area (TPSA) is 89.0 Å². The Kier molecular flexibility index (Phi) is 10.2. The summed E-state index contributed by atoms with van der Waals surface area (Å²) in [5.41, 5.74) is 0. The summed E-state index contributed by atoms with van der Waals surface area (Å²) in [6, 6.07) is 0. The van der Waals surface area contributed by atoms with Crippen LogP contribution in [0.4, 0.5) is 9.59 Å². The Bertz CT molecular complexity index is 305. The number of ether oxygens (including phenoxy) is 2. The fourth-order valence-corrected chi connectivity index (χ4v) is 1.02. The van der Waals surface area contributed by atoms with Gasteiger partial charge in [-0.1, -0.05) is 26.7 Å². The van der Waals surface area contributed by atoms with Crippen molar-refractivity contribution in [3.05, 3.63) is 0 Å². The van der Waals surface area contributed by atoms with Gasteiger partial charge < -0.3 is 14.8 Å². The highest BCUT2D eigenvalue weighted by molar-refractivity contribution is 5.98. The average Bonchev–Trinajstić information content (AvgIpc) is 2.38. The number of unbranched alkanes of at least 4 members (excludes halogenated alkanes) is 2. The molecule has 0 atom stereocenters. The summed E-state index contributed by atoms with van der Waals surface area (Å²) in [6.07, 6.45) is 2.04. The minimum atomic E-state index is -0.744. The van der Waals surface area contributed by atoms with Gasteiger partial charge in [0.05, 0.1) is 13.2 Å². The minimum absolute atomic E-state index is 0.00277. The van der Waals surface area contributed by atoms with Crippen molar-refractivity contribution in [2.24, 2.45) is 4.99 Å². The number of rotatable bonds is 6. The van der Waals surface area contributed by atoms with Crippen molar-refractivity contribution in [1.29, 1.82) is 0 Å². The van der Waals surface area contributed by atoms with E-state index in [2.05, 4.69) is 15.6 Å². The minimum Gasteiger partial charge on any atom is -0.449 e. The van der Waals surface area contributed by atoms with Crippen LogP contribution in [-0.2, 0) is 9.47 Å². The molecule has 0 radical (unpaired) electrons. The second-order valence-electron chi connectivity index (χ2n) is 3.79. The molecule has 2 N–H and O–H groups in total. The van der Waals surface area contributed by atoms with Gasteiger partial charge in [-0.05, 0) is 12.8 Å². The van der Waals surface area contributed by atoms with E-state index < -0.39 is 12.2 Å². The van der Waals surface area contributed by atoms with Crippen molar-refractivity contribution in [2.45, 2.75) is 39.5 Å². The van der Waals surface area contributed by atoms with Gasteiger partial charge >= 0.3 is 12.2 Å². The Morgan fingerprint density at radius 1 is 1.05 bits per heavy atom. The Balaban J connectivity index is 4.09. The quantitative estimate of drug-likeness (QED) is 0.439. The molecule has 0 bridgehead atoms. The highest BCUT2D eigenvalue weighted by Crippen LogP contribution is 1.92. The number of nitrogens with one attached hydrogen (secondary N) is 2. The SMILES string of the molecule is CCCCOC(=O)/N=C(/NC)NC(=O)OCCCC. The summed E-state index contributed by atoms with van der Waals surface area (Å²) in [5, 5.41) is 4.91. The number of alkyl carbamates (subject to hydrolysis) is 1. The molecule has 0 saturated heterocycles. The monoisotopic (exact) mass is 273 g/mol. The standard InChI is InChI=1S/C12H23N3O4/c1-4-6-8-18-11(16)14-10(13-3)15-12(17)19-9-7-5-2/h4-9H2,1-3H3,(H2,13,14,15,16,17). The van der Waals surface area contributed by atoms with E-state index in [0.717, 1.165) is 25.7 Å². The zero-order valence-electron chi connectivity index (χ0n) is 11.8. The van der Waals surface area contributed by atoms with E-state index in [4.69, 9.17) is 9.47 Å². The molecule has 2 amide bonds. The number of amides is 2. The number of hydrogen-bond acceptors (Lipinski definition) is 4. The predicted molar refractivity (Wildman–Crippen MR) is 72.1 cm³/mol. The maximum Gasteiger partial charge on any atom is 0.436 e. The molecule has 7 nitrogen and oxygen atoms in total. The number of hydrogen-bond donors (Lipinski definition) is 2. The van der Waals surface area contributed by atoms with Crippen molar-refractivity contribution >= 4 is 18.1 Å². The van der Waals surface area contributed by atoms with Gasteiger partial charge in [-0.3, -0.25) is 5.32 Å². The fourth-order valence-electron chi connectivity index (χ4n) is 1.02. The molecule has 0 heterocycles. The fraction of sp³-hybridized carbons (Fsp3) is 0.750. The molecular formula is C12H23N3O4. The lowest BCUT2D eigenvalue weighted by atomic mass is 10.4. The van der Waals surface area contributed by atoms with Gasteiger partial charge in [0.25, 0.3) is 0 Å². The van der Waals surface area contributed by atoms with Crippen LogP contribution in [-0.4, -0.2) is 38.4 Å². The molecule has 19 heavy (non-hydrogen) atoms. The molecule has 7 heteroatoms. The highest BCUT2D eigenvalue weighted by atomic mass is 16.6. The highest BCUT2D eigenvalue weighted by Gasteiger charge is 2.08. The first kappa shape index (κ1) is 17.2. The van der Waals surface area contributed by atoms with Crippen LogP contribution in [0.2, 0.25) is 0 Å². The van der Waals surface area contributed by atoms with Gasteiger partial charge in [-0.25, -0.2) is 9.59 Å². The largest absolute Gasteiger partial charge is 0.449 e. The van der Waals surface area contributed by atoms with Gasteiger partial charge in [-0.15, -0.1) is 4.99 Å². The third-order valence-corrected chi connectivity index (χ3v) is 2.11. The molecule has 0 aromatic heterocycles. The predicted octanol–water partition coefficient (Wildman–Crippen LogP) is 2.02. The first-order valence-corrected chi connectivity index (χ1v) is 6.51. The lowest BCUT2D eigenvalue weighted by Gasteiger charge is -2.08. The third kappa shape index (κ3) is 9.87. The molecule has 0 aliphatic heterocycles. The van der Waals surface area contributed by atoms with E-state index in [0.29, 0.717) is 13.2 Å². The maximum absolute atomic E-state index is 11.3. The van der Waals surface area contributed by atoms with Gasteiger partial charge in [0.2, 0.25) is 5.96 Å². The Morgan fingerprint density at radius 3 is 2.16 bits per heavy atom. The van der Waals surface area contributed by atoms with E-state index in [1.54, 1.807) is 0 Å². The van der Waals surface area contributed by atoms with Crippen LogP contribution in [0.15, 0.2) is 4.99 Å². The van der Waals surface area contributed by atoms with Crippen molar-refractivity contribution in [1.82, 2.24) is 10.6 Å². The van der Waals surface area contributed by atoms with Crippen LogP contribution < -0.4 is 10.6 Å². The number of carbonyl (C=O) groups excluding carboxylic acids is 2. The van der Waals surface area contributed by atoms with Gasteiger partial charge in [0.1, 0.15) is 0 Å². The van der Waals surface area contributed by atoms with Crippen molar-refractivity contribution in [2.75, 3.05) is 20.3 Å². The Hall–Kier alpha value is -1.79. The van der Waals surface area contributed by atoms with Crippen LogP contribution in [0.3, 0.4) is 0 Å². The van der Waals surface area contributed by atoms with E-state index in [1.807, 2.05) is 13.8 Å². The van der Waals surface area contributed by atoms with E-state index >= 15 is 0 Å². The van der Waals surface area contributed by atoms with E-state index in [-0.39, 0.29) is 5.96 Å². The summed E-state index contributed by atoms with van der Waals surface area (Å²) < 4.78 is 9.71. The zero-order valence-corrected chi connectivity index (χ0v) is 11.8. The third-order valence-electron chi connectivity index (χ3n) is 2.11. The molecule has 0 aromatic carbocycles. The van der Waals surface area contributed by atoms with Crippen LogP contribution >= 0.6 is 0 Å². The smallest absolute Gasteiger partial charge is 0.436 e. The van der Waals surface area contributed by atoms with Crippen LogP contribution in [0.5, 0.6) is 0 Å². The molecule has 0 aliphatic rings. The van der Waals surface area contributed by atoms with E-state index in [9.17, 15) is 9.59 Å². The number of carbonyl (C=O) groups is 2. The second kappa shape index (κ2) is 11.3. The van der Waals surface area contributed by atoms with Crippen LogP contribution in [0.1, 0.15) is 39.5 Å². The van der Waals surface area contributed by atoms with Crippen LogP contribution in [0.25, 0.3) is 0 Å². The molecule has 0 unspecified atom stereocenters. The van der Waals surface area contributed by atoms with Crippen molar-refractivity contribution < 1.29 is 19.1 Å². The average molecular weight is 273 g/mol. The van der Waals surface area contributed by atoms with Gasteiger partial charge in [0, 0.05) is 7.05 Å². The first-order chi connectivity index (χ1) is 9.13. The molecule has 0 saturated carbocycles. The lowest BCUT2D eigenvalue weighted by molar-refractivity contribution is 0.149. The molecule has 110 valence electrons. The van der Waals surface area contributed by atoms with Crippen molar-refractivity contribution in [3.63, 3.8) is 0 Å². The summed E-state index contributed by atoms with van der Waals surface area (Å²) in [7, 11) is 1.53. The Morgan fingerprint density at radius 2 is 1.63 bits per heavy atom. The maximum atomic E-state index is 11.3. The molecule has 0 fully saturated rings. The van der Waals surface area contributed by atoms with Crippen molar-refractivity contribution in [3.8, 4) is 0 Å². The summed E-state index contributed by atoms with van der Waals surface area (Å²) in [4.78, 5) is 26.2. The number of nitrogens with zero attached hydrogens (tertiary/aromatic N) is 1. The zero-order chi connectivity index (χ0) is 14.5. The lowest BCUT2D eigenvalue weighted by Crippen LogP contribution is -2.40.